The van der Waals surface area contributed by atoms with Gasteiger partial charge in [-0.15, -0.1) is 10.2 Å². The van der Waals surface area contributed by atoms with E-state index in [1.807, 2.05) is 20.8 Å². The summed E-state index contributed by atoms with van der Waals surface area (Å²) >= 11 is 0. The van der Waals surface area contributed by atoms with Gasteiger partial charge in [-0.25, -0.2) is 14.4 Å². The lowest BCUT2D eigenvalue weighted by Gasteiger charge is -2.27. The van der Waals surface area contributed by atoms with E-state index < -0.39 is 22.7 Å². The van der Waals surface area contributed by atoms with Crippen molar-refractivity contribution >= 4 is 28.9 Å². The molecule has 2 N–H and O–H groups in total. The van der Waals surface area contributed by atoms with Crippen LogP contribution >= 0.6 is 0 Å². The maximum absolute atomic E-state index is 15.5. The number of carbonyl (C=O) groups is 1. The molecule has 4 aromatic rings. The van der Waals surface area contributed by atoms with E-state index in [-0.39, 0.29) is 5.89 Å². The van der Waals surface area contributed by atoms with Gasteiger partial charge in [-0.1, -0.05) is 39.5 Å². The molecule has 198 valence electrons. The Morgan fingerprint density at radius 3 is 2.55 bits per heavy atom. The summed E-state index contributed by atoms with van der Waals surface area (Å²) in [7, 11) is 3.61. The molecular weight excluding hydrogens is 487 g/mol. The van der Waals surface area contributed by atoms with Gasteiger partial charge in [0.2, 0.25) is 5.89 Å². The van der Waals surface area contributed by atoms with Crippen LogP contribution in [0.3, 0.4) is 0 Å². The number of amides is 1. The third kappa shape index (κ3) is 5.46. The number of aromatic nitrogens is 5. The Balaban J connectivity index is 1.61. The van der Waals surface area contributed by atoms with E-state index in [9.17, 15) is 4.79 Å². The highest BCUT2D eigenvalue weighted by molar-refractivity contribution is 6.08. The third-order valence-electron chi connectivity index (χ3n) is 5.78. The Labute approximate surface area is 220 Å². The Bertz CT molecular complexity index is 1540. The summed E-state index contributed by atoms with van der Waals surface area (Å²) in [5, 5.41) is 16.4. The fourth-order valence-corrected chi connectivity index (χ4v) is 3.76. The number of hydrazone groups is 1. The molecule has 1 amide bonds. The number of carbonyl (C=O) groups excluding carboxylic acids is 1. The zero-order chi connectivity index (χ0) is 27.8. The smallest absolute Gasteiger partial charge is 0.309 e. The highest BCUT2D eigenvalue weighted by Gasteiger charge is 2.30. The zero-order valence-corrected chi connectivity index (χ0v) is 22.5. The fraction of sp³-hybridized carbons (Fsp3) is 0.333. The van der Waals surface area contributed by atoms with Crippen LogP contribution in [0, 0.1) is 5.82 Å². The number of nitrogens with one attached hydrogen (secondary N) is 2. The molecule has 38 heavy (non-hydrogen) atoms. The van der Waals surface area contributed by atoms with E-state index in [2.05, 4.69) is 42.1 Å². The van der Waals surface area contributed by atoms with Crippen LogP contribution in [0.4, 0.5) is 4.39 Å². The lowest BCUT2D eigenvalue weighted by molar-refractivity contribution is 0.0871. The van der Waals surface area contributed by atoms with Gasteiger partial charge in [0.15, 0.2) is 5.65 Å². The molecule has 0 spiro atoms. The Hall–Kier alpha value is -4.41. The minimum atomic E-state index is -1.06. The summed E-state index contributed by atoms with van der Waals surface area (Å²) in [4.78, 5) is 24.8. The second kappa shape index (κ2) is 9.81. The number of pyridine rings is 1. The second-order valence-electron chi connectivity index (χ2n) is 10.7. The van der Waals surface area contributed by atoms with E-state index in [1.165, 1.54) is 6.07 Å². The van der Waals surface area contributed by atoms with Crippen LogP contribution in [0.2, 0.25) is 0 Å². The SMILES string of the molecule is C=C(/C=N\N(C)C)c1nc2nccc(-c3ccc(C(C)(C)NC(=O)c4nnc(C(C)(C)C)o4)c(F)c3)c2[nH]1. The first-order valence-corrected chi connectivity index (χ1v) is 12.0. The lowest BCUT2D eigenvalue weighted by Crippen LogP contribution is -2.41. The molecule has 0 atom stereocenters. The third-order valence-corrected chi connectivity index (χ3v) is 5.78. The normalized spacial score (nSPS) is 12.3. The average Bonchev–Trinajstić information content (AvgIpc) is 3.49. The molecule has 1 aromatic carbocycles. The molecular formula is C27H31FN8O2. The molecule has 0 aliphatic carbocycles. The number of aromatic amines is 1. The topological polar surface area (TPSA) is 125 Å². The summed E-state index contributed by atoms with van der Waals surface area (Å²) < 4.78 is 21.0. The van der Waals surface area contributed by atoms with Crippen molar-refractivity contribution in [3.63, 3.8) is 0 Å². The van der Waals surface area contributed by atoms with E-state index >= 15 is 4.39 Å². The van der Waals surface area contributed by atoms with Gasteiger partial charge in [-0.3, -0.25) is 4.79 Å². The Morgan fingerprint density at radius 1 is 1.18 bits per heavy atom. The molecule has 11 heteroatoms. The highest BCUT2D eigenvalue weighted by Crippen LogP contribution is 2.31. The molecule has 0 saturated carbocycles. The summed E-state index contributed by atoms with van der Waals surface area (Å²) in [6.45, 7) is 13.1. The van der Waals surface area contributed by atoms with Crippen molar-refractivity contribution in [2.24, 2.45) is 5.10 Å². The second-order valence-corrected chi connectivity index (χ2v) is 10.7. The maximum atomic E-state index is 15.5. The number of H-pyrrole nitrogens is 1. The van der Waals surface area contributed by atoms with Crippen LogP contribution in [0.5, 0.6) is 0 Å². The first kappa shape index (κ1) is 26.6. The molecule has 0 unspecified atom stereocenters. The number of hydrogen-bond donors (Lipinski definition) is 2. The van der Waals surface area contributed by atoms with Crippen LogP contribution in [0.1, 0.15) is 62.6 Å². The molecule has 0 fully saturated rings. The van der Waals surface area contributed by atoms with Gasteiger partial charge in [0.05, 0.1) is 17.3 Å². The van der Waals surface area contributed by atoms with Crippen molar-refractivity contribution in [2.45, 2.75) is 45.6 Å². The number of hydrogen-bond acceptors (Lipinski definition) is 8. The van der Waals surface area contributed by atoms with Crippen molar-refractivity contribution in [3.05, 3.63) is 66.0 Å². The summed E-state index contributed by atoms with van der Waals surface area (Å²) in [6.07, 6.45) is 3.21. The Kier molecular flexibility index (Phi) is 6.88. The van der Waals surface area contributed by atoms with E-state index in [4.69, 9.17) is 4.42 Å². The van der Waals surface area contributed by atoms with E-state index in [1.54, 1.807) is 63.6 Å². The molecule has 3 aromatic heterocycles. The first-order chi connectivity index (χ1) is 17.8. The van der Waals surface area contributed by atoms with Crippen molar-refractivity contribution in [1.82, 2.24) is 35.5 Å². The highest BCUT2D eigenvalue weighted by atomic mass is 19.1. The quantitative estimate of drug-likeness (QED) is 0.269. The van der Waals surface area contributed by atoms with Crippen molar-refractivity contribution < 1.29 is 13.6 Å². The van der Waals surface area contributed by atoms with Crippen molar-refractivity contribution in [2.75, 3.05) is 14.1 Å². The average molecular weight is 519 g/mol. The molecule has 0 aliphatic rings. The van der Waals surface area contributed by atoms with Gasteiger partial charge in [0, 0.05) is 42.4 Å². The van der Waals surface area contributed by atoms with Crippen LogP contribution in [-0.2, 0) is 11.0 Å². The zero-order valence-electron chi connectivity index (χ0n) is 22.5. The molecule has 10 nitrogen and oxygen atoms in total. The van der Waals surface area contributed by atoms with E-state index in [0.29, 0.717) is 39.6 Å². The molecule has 3 heterocycles. The summed E-state index contributed by atoms with van der Waals surface area (Å²) in [5.74, 6) is -0.384. The first-order valence-electron chi connectivity index (χ1n) is 12.0. The van der Waals surface area contributed by atoms with Gasteiger partial charge in [0.25, 0.3) is 0 Å². The number of imidazole rings is 1. The number of rotatable bonds is 7. The molecule has 4 rings (SSSR count). The lowest BCUT2D eigenvalue weighted by atomic mass is 9.91. The van der Waals surface area contributed by atoms with Crippen LogP contribution < -0.4 is 5.32 Å². The summed E-state index contributed by atoms with van der Waals surface area (Å²) in [6, 6.07) is 6.63. The predicted octanol–water partition coefficient (Wildman–Crippen LogP) is 4.67. The molecule has 0 aliphatic heterocycles. The van der Waals surface area contributed by atoms with Gasteiger partial charge in [-0.05, 0) is 31.5 Å². The molecule has 0 saturated heterocycles. The van der Waals surface area contributed by atoms with Gasteiger partial charge < -0.3 is 19.7 Å². The maximum Gasteiger partial charge on any atom is 0.309 e. The minimum Gasteiger partial charge on any atom is -0.416 e. The van der Waals surface area contributed by atoms with Crippen molar-refractivity contribution in [1.29, 1.82) is 0 Å². The van der Waals surface area contributed by atoms with Crippen LogP contribution in [-0.4, -0.2) is 56.4 Å². The standard InChI is InChI=1S/C27H31FN8O2/c1-15(14-30-36(7)8)21-31-20-17(11-12-29-22(20)32-21)16-9-10-18(19(28)13-16)27(5,6)33-23(37)24-34-35-25(38-24)26(2,3)4/h9-14H,1H2,2-8H3,(H,33,37)(H,29,31,32)/b30-14-. The van der Waals surface area contributed by atoms with Gasteiger partial charge >= 0.3 is 11.8 Å². The van der Waals surface area contributed by atoms with Gasteiger partial charge in [0.1, 0.15) is 11.6 Å². The monoisotopic (exact) mass is 518 g/mol. The Morgan fingerprint density at radius 2 is 1.92 bits per heavy atom. The number of halogens is 1. The molecule has 0 bridgehead atoms. The number of nitrogens with zero attached hydrogens (tertiary/aromatic N) is 6. The largest absolute Gasteiger partial charge is 0.416 e. The number of fused-ring (bicyclic) bond motifs is 1. The van der Waals surface area contributed by atoms with Gasteiger partial charge in [-0.2, -0.15) is 5.10 Å². The molecule has 0 radical (unpaired) electrons. The van der Waals surface area contributed by atoms with Crippen LogP contribution in [0.25, 0.3) is 27.9 Å². The fourth-order valence-electron chi connectivity index (χ4n) is 3.76. The minimum absolute atomic E-state index is 0.175. The summed E-state index contributed by atoms with van der Waals surface area (Å²) in [5.41, 5.74) is 1.88. The predicted molar refractivity (Wildman–Crippen MR) is 144 cm³/mol. The number of allylic oxidation sites excluding steroid dienone is 1. The van der Waals surface area contributed by atoms with E-state index in [0.717, 1.165) is 5.56 Å². The van der Waals surface area contributed by atoms with Crippen molar-refractivity contribution in [3.8, 4) is 11.1 Å². The number of benzene rings is 1. The van der Waals surface area contributed by atoms with Crippen LogP contribution in [0.15, 0.2) is 46.6 Å².